The third-order valence-corrected chi connectivity index (χ3v) is 3.31. The minimum atomic E-state index is -0.134. The molecule has 0 saturated carbocycles. The number of benzene rings is 1. The summed E-state index contributed by atoms with van der Waals surface area (Å²) < 4.78 is 6.13. The van der Waals surface area contributed by atoms with Gasteiger partial charge in [-0.15, -0.1) is 0 Å². The minimum absolute atomic E-state index is 0.134. The summed E-state index contributed by atoms with van der Waals surface area (Å²) in [5, 5.41) is 8.61. The van der Waals surface area contributed by atoms with E-state index in [-0.39, 0.29) is 5.56 Å². The van der Waals surface area contributed by atoms with Gasteiger partial charge in [0, 0.05) is 11.8 Å². The van der Waals surface area contributed by atoms with Gasteiger partial charge in [0.05, 0.1) is 12.2 Å². The first kappa shape index (κ1) is 12.8. The van der Waals surface area contributed by atoms with E-state index < -0.39 is 0 Å². The zero-order valence-electron chi connectivity index (χ0n) is 10.4. The maximum absolute atomic E-state index is 11.1. The molecule has 0 aliphatic rings. The quantitative estimate of drug-likeness (QED) is 0.685. The van der Waals surface area contributed by atoms with E-state index in [1.54, 1.807) is 0 Å². The van der Waals surface area contributed by atoms with E-state index in [1.807, 2.05) is 36.4 Å². The van der Waals surface area contributed by atoms with Gasteiger partial charge in [-0.1, -0.05) is 12.1 Å². The summed E-state index contributed by atoms with van der Waals surface area (Å²) in [6.45, 7) is 0.617. The SMILES string of the molecule is O=c1cc(-c2ccc(NCc3ccc(Br)o3)cc2)[nH][nH]1. The molecule has 0 spiro atoms. The third-order valence-electron chi connectivity index (χ3n) is 2.89. The van der Waals surface area contributed by atoms with E-state index in [0.29, 0.717) is 6.54 Å². The molecule has 0 amide bonds. The number of anilines is 1. The van der Waals surface area contributed by atoms with E-state index in [2.05, 4.69) is 31.4 Å². The van der Waals surface area contributed by atoms with E-state index in [4.69, 9.17) is 4.42 Å². The summed E-state index contributed by atoms with van der Waals surface area (Å²) >= 11 is 3.27. The van der Waals surface area contributed by atoms with Crippen molar-refractivity contribution in [1.29, 1.82) is 0 Å². The van der Waals surface area contributed by atoms with Gasteiger partial charge in [-0.2, -0.15) is 0 Å². The Kier molecular flexibility index (Phi) is 3.47. The minimum Gasteiger partial charge on any atom is -0.452 e. The van der Waals surface area contributed by atoms with Crippen molar-refractivity contribution in [2.75, 3.05) is 5.32 Å². The van der Waals surface area contributed by atoms with Crippen LogP contribution in [0.5, 0.6) is 0 Å². The van der Waals surface area contributed by atoms with E-state index in [0.717, 1.165) is 27.4 Å². The van der Waals surface area contributed by atoms with Gasteiger partial charge in [0.2, 0.25) is 0 Å². The van der Waals surface area contributed by atoms with Crippen LogP contribution in [0.15, 0.2) is 56.3 Å². The number of nitrogens with one attached hydrogen (secondary N) is 3. The van der Waals surface area contributed by atoms with E-state index in [9.17, 15) is 4.79 Å². The Balaban J connectivity index is 1.68. The predicted molar refractivity (Wildman–Crippen MR) is 80.6 cm³/mol. The fourth-order valence-electron chi connectivity index (χ4n) is 1.89. The summed E-state index contributed by atoms with van der Waals surface area (Å²) in [4.78, 5) is 11.1. The Morgan fingerprint density at radius 1 is 1.10 bits per heavy atom. The molecule has 3 N–H and O–H groups in total. The van der Waals surface area contributed by atoms with Gasteiger partial charge in [0.15, 0.2) is 4.67 Å². The molecule has 1 aromatic carbocycles. The average molecular weight is 334 g/mol. The lowest BCUT2D eigenvalue weighted by molar-refractivity contribution is 0.495. The van der Waals surface area contributed by atoms with Crippen LogP contribution in [0.25, 0.3) is 11.3 Å². The lowest BCUT2D eigenvalue weighted by Crippen LogP contribution is -1.97. The molecule has 2 aromatic heterocycles. The molecule has 0 saturated heterocycles. The first-order chi connectivity index (χ1) is 9.70. The van der Waals surface area contributed by atoms with Crippen molar-refractivity contribution in [3.8, 4) is 11.3 Å². The van der Waals surface area contributed by atoms with Crippen LogP contribution < -0.4 is 10.9 Å². The molecule has 0 unspecified atom stereocenters. The third kappa shape index (κ3) is 2.85. The second-order valence-electron chi connectivity index (χ2n) is 4.31. The molecule has 6 heteroatoms. The number of rotatable bonds is 4. The highest BCUT2D eigenvalue weighted by molar-refractivity contribution is 9.10. The van der Waals surface area contributed by atoms with Crippen LogP contribution in [0.2, 0.25) is 0 Å². The van der Waals surface area contributed by atoms with Crippen LogP contribution in [0.1, 0.15) is 5.76 Å². The van der Waals surface area contributed by atoms with Crippen molar-refractivity contribution in [3.63, 3.8) is 0 Å². The summed E-state index contributed by atoms with van der Waals surface area (Å²) in [5.74, 6) is 0.857. The summed E-state index contributed by atoms with van der Waals surface area (Å²) in [6.07, 6.45) is 0. The molecule has 0 aliphatic heterocycles. The second kappa shape index (κ2) is 5.42. The Labute approximate surface area is 123 Å². The van der Waals surface area contributed by atoms with Crippen LogP contribution in [0, 0.1) is 0 Å². The number of hydrogen-bond acceptors (Lipinski definition) is 3. The van der Waals surface area contributed by atoms with Gasteiger partial charge in [-0.05, 0) is 45.8 Å². The molecule has 0 radical (unpaired) electrons. The van der Waals surface area contributed by atoms with Gasteiger partial charge < -0.3 is 9.73 Å². The first-order valence-corrected chi connectivity index (χ1v) is 6.86. The highest BCUT2D eigenvalue weighted by Gasteiger charge is 2.02. The Hall–Kier alpha value is -2.21. The van der Waals surface area contributed by atoms with Gasteiger partial charge in [0.25, 0.3) is 5.56 Å². The maximum atomic E-state index is 11.1. The number of hydrogen-bond donors (Lipinski definition) is 3. The predicted octanol–water partition coefficient (Wildman–Crippen LogP) is 3.34. The number of aromatic amines is 2. The van der Waals surface area contributed by atoms with E-state index in [1.165, 1.54) is 6.07 Å². The molecule has 3 rings (SSSR count). The lowest BCUT2D eigenvalue weighted by atomic mass is 10.1. The largest absolute Gasteiger partial charge is 0.452 e. The van der Waals surface area contributed by atoms with Crippen LogP contribution in [0.4, 0.5) is 5.69 Å². The van der Waals surface area contributed by atoms with Crippen LogP contribution in [0.3, 0.4) is 0 Å². The molecule has 2 heterocycles. The molecule has 102 valence electrons. The van der Waals surface area contributed by atoms with Crippen molar-refractivity contribution >= 4 is 21.6 Å². The molecule has 0 atom stereocenters. The fraction of sp³-hybridized carbons (Fsp3) is 0.0714. The summed E-state index contributed by atoms with van der Waals surface area (Å²) in [5.41, 5.74) is 2.58. The van der Waals surface area contributed by atoms with Crippen molar-refractivity contribution in [3.05, 3.63) is 63.2 Å². The number of furan rings is 1. The van der Waals surface area contributed by atoms with Crippen molar-refractivity contribution in [2.24, 2.45) is 0 Å². The Bertz CT molecular complexity index is 755. The van der Waals surface area contributed by atoms with Gasteiger partial charge >= 0.3 is 0 Å². The van der Waals surface area contributed by atoms with Crippen molar-refractivity contribution in [1.82, 2.24) is 10.2 Å². The number of aromatic nitrogens is 2. The molecule has 0 aliphatic carbocycles. The second-order valence-corrected chi connectivity index (χ2v) is 5.09. The topological polar surface area (TPSA) is 73.8 Å². The average Bonchev–Trinajstić information content (AvgIpc) is 3.06. The standard InChI is InChI=1S/C14H12BrN3O2/c15-13-6-5-11(20-13)8-16-10-3-1-9(2-4-10)12-7-14(19)18-17-12/h1-7,16H,8H2,(H2,17,18,19). The maximum Gasteiger partial charge on any atom is 0.264 e. The highest BCUT2D eigenvalue weighted by Crippen LogP contribution is 2.19. The van der Waals surface area contributed by atoms with Gasteiger partial charge in [0.1, 0.15) is 5.76 Å². The normalized spacial score (nSPS) is 10.7. The van der Waals surface area contributed by atoms with Crippen LogP contribution >= 0.6 is 15.9 Å². The fourth-order valence-corrected chi connectivity index (χ4v) is 2.23. The first-order valence-electron chi connectivity index (χ1n) is 6.07. The summed E-state index contributed by atoms with van der Waals surface area (Å²) in [6, 6.07) is 13.1. The van der Waals surface area contributed by atoms with E-state index >= 15 is 0 Å². The zero-order valence-corrected chi connectivity index (χ0v) is 12.0. The van der Waals surface area contributed by atoms with Gasteiger partial charge in [-0.25, -0.2) is 0 Å². The van der Waals surface area contributed by atoms with Crippen LogP contribution in [-0.2, 0) is 6.54 Å². The highest BCUT2D eigenvalue weighted by atomic mass is 79.9. The van der Waals surface area contributed by atoms with Crippen molar-refractivity contribution in [2.45, 2.75) is 6.54 Å². The lowest BCUT2D eigenvalue weighted by Gasteiger charge is -2.05. The van der Waals surface area contributed by atoms with Gasteiger partial charge in [-0.3, -0.25) is 15.0 Å². The molecule has 20 heavy (non-hydrogen) atoms. The Morgan fingerprint density at radius 2 is 1.90 bits per heavy atom. The molecule has 0 fully saturated rings. The zero-order chi connectivity index (χ0) is 13.9. The summed E-state index contributed by atoms with van der Waals surface area (Å²) in [7, 11) is 0. The molecule has 5 nitrogen and oxygen atoms in total. The smallest absolute Gasteiger partial charge is 0.264 e. The number of halogens is 1. The monoisotopic (exact) mass is 333 g/mol. The number of H-pyrrole nitrogens is 2. The van der Waals surface area contributed by atoms with Crippen LogP contribution in [-0.4, -0.2) is 10.2 Å². The Morgan fingerprint density at radius 3 is 2.50 bits per heavy atom. The molecular weight excluding hydrogens is 322 g/mol. The van der Waals surface area contributed by atoms with Crippen molar-refractivity contribution < 1.29 is 4.42 Å². The molecular formula is C14H12BrN3O2. The molecule has 0 bridgehead atoms. The molecule has 3 aromatic rings.